The number of carbonyl (C=O) groups excluding carboxylic acids is 2. The predicted octanol–water partition coefficient (Wildman–Crippen LogP) is 1.60. The number of benzene rings is 1. The van der Waals surface area contributed by atoms with Crippen LogP contribution in [0.25, 0.3) is 5.69 Å². The summed E-state index contributed by atoms with van der Waals surface area (Å²) >= 11 is 0. The van der Waals surface area contributed by atoms with E-state index in [1.54, 1.807) is 24.3 Å². The van der Waals surface area contributed by atoms with Crippen molar-refractivity contribution in [2.75, 3.05) is 5.32 Å². The van der Waals surface area contributed by atoms with E-state index >= 15 is 0 Å². The number of carboxylic acids is 1. The Morgan fingerprint density at radius 2 is 1.92 bits per heavy atom. The number of amides is 2. The molecular formula is C17H21N5O4. The Hall–Kier alpha value is -3.23. The molecular weight excluding hydrogens is 338 g/mol. The number of carboxylic acid groups (broad SMARTS) is 1. The van der Waals surface area contributed by atoms with Crippen LogP contribution in [-0.4, -0.2) is 43.9 Å². The number of nitrogens with one attached hydrogen (secondary N) is 2. The van der Waals surface area contributed by atoms with Gasteiger partial charge in [-0.3, -0.25) is 9.59 Å². The summed E-state index contributed by atoms with van der Waals surface area (Å²) < 4.78 is 1.31. The van der Waals surface area contributed by atoms with Crippen LogP contribution in [0.3, 0.4) is 0 Å². The van der Waals surface area contributed by atoms with Crippen LogP contribution >= 0.6 is 0 Å². The van der Waals surface area contributed by atoms with Gasteiger partial charge in [0, 0.05) is 24.6 Å². The molecule has 0 saturated heterocycles. The Bertz CT molecular complexity index is 800. The first-order valence-corrected chi connectivity index (χ1v) is 8.20. The van der Waals surface area contributed by atoms with E-state index < -0.39 is 5.97 Å². The van der Waals surface area contributed by atoms with Crippen molar-refractivity contribution in [3.05, 3.63) is 36.2 Å². The molecule has 2 rings (SSSR count). The molecule has 1 heterocycles. The quantitative estimate of drug-likeness (QED) is 0.657. The van der Waals surface area contributed by atoms with Crippen molar-refractivity contribution in [2.24, 2.45) is 0 Å². The number of rotatable bonds is 8. The second kappa shape index (κ2) is 8.75. The number of aromatic nitrogens is 3. The highest BCUT2D eigenvalue weighted by atomic mass is 16.4. The number of anilines is 1. The fourth-order valence-electron chi connectivity index (χ4n) is 2.24. The van der Waals surface area contributed by atoms with E-state index in [1.807, 2.05) is 13.8 Å². The third kappa shape index (κ3) is 5.69. The number of nitrogens with zero attached hydrogens (tertiary/aromatic N) is 3. The molecule has 26 heavy (non-hydrogen) atoms. The van der Waals surface area contributed by atoms with Crippen LogP contribution in [0.15, 0.2) is 30.5 Å². The van der Waals surface area contributed by atoms with Gasteiger partial charge >= 0.3 is 5.97 Å². The molecule has 1 aromatic carbocycles. The highest BCUT2D eigenvalue weighted by Crippen LogP contribution is 2.15. The molecule has 0 spiro atoms. The molecule has 2 amide bonds. The van der Waals surface area contributed by atoms with Crippen LogP contribution in [0, 0.1) is 0 Å². The Morgan fingerprint density at radius 3 is 2.58 bits per heavy atom. The maximum Gasteiger partial charge on any atom is 0.358 e. The van der Waals surface area contributed by atoms with Crippen molar-refractivity contribution in [3.8, 4) is 5.69 Å². The van der Waals surface area contributed by atoms with E-state index in [4.69, 9.17) is 5.11 Å². The van der Waals surface area contributed by atoms with Crippen molar-refractivity contribution >= 4 is 23.5 Å². The van der Waals surface area contributed by atoms with Crippen LogP contribution in [-0.2, 0) is 9.59 Å². The number of hydrogen-bond donors (Lipinski definition) is 3. The van der Waals surface area contributed by atoms with Crippen molar-refractivity contribution in [1.29, 1.82) is 0 Å². The molecule has 0 bridgehead atoms. The summed E-state index contributed by atoms with van der Waals surface area (Å²) in [6.07, 6.45) is 2.26. The topological polar surface area (TPSA) is 126 Å². The Labute approximate surface area is 150 Å². The molecule has 0 radical (unpaired) electrons. The molecule has 0 saturated carbocycles. The van der Waals surface area contributed by atoms with Gasteiger partial charge in [-0.25, -0.2) is 9.48 Å². The highest BCUT2D eigenvalue weighted by molar-refractivity contribution is 5.91. The second-order valence-electron chi connectivity index (χ2n) is 6.03. The van der Waals surface area contributed by atoms with Crippen molar-refractivity contribution in [2.45, 2.75) is 39.2 Å². The molecule has 0 aliphatic heterocycles. The van der Waals surface area contributed by atoms with Gasteiger partial charge in [0.1, 0.15) is 0 Å². The lowest BCUT2D eigenvalue weighted by atomic mass is 10.2. The SMILES string of the molecule is CC(C)NC(=O)CCCC(=O)Nc1cccc(-n2cc(C(=O)O)nn2)c1. The predicted molar refractivity (Wildman–Crippen MR) is 94.1 cm³/mol. The first-order valence-electron chi connectivity index (χ1n) is 8.20. The van der Waals surface area contributed by atoms with Crippen LogP contribution in [0.5, 0.6) is 0 Å². The van der Waals surface area contributed by atoms with Gasteiger partial charge in [-0.15, -0.1) is 5.10 Å². The molecule has 9 heteroatoms. The summed E-state index contributed by atoms with van der Waals surface area (Å²) in [5, 5.41) is 21.7. The van der Waals surface area contributed by atoms with Crippen LogP contribution in [0.4, 0.5) is 5.69 Å². The van der Waals surface area contributed by atoms with Gasteiger partial charge in [-0.1, -0.05) is 11.3 Å². The molecule has 138 valence electrons. The molecule has 9 nitrogen and oxygen atoms in total. The number of hydrogen-bond acceptors (Lipinski definition) is 5. The van der Waals surface area contributed by atoms with Crippen molar-refractivity contribution in [1.82, 2.24) is 20.3 Å². The average Bonchev–Trinajstić information content (AvgIpc) is 3.04. The zero-order valence-electron chi connectivity index (χ0n) is 14.6. The van der Waals surface area contributed by atoms with Gasteiger partial charge < -0.3 is 15.7 Å². The molecule has 0 aliphatic rings. The highest BCUT2D eigenvalue weighted by Gasteiger charge is 2.10. The lowest BCUT2D eigenvalue weighted by Crippen LogP contribution is -2.30. The lowest BCUT2D eigenvalue weighted by molar-refractivity contribution is -0.121. The van der Waals surface area contributed by atoms with Crippen LogP contribution in [0.2, 0.25) is 0 Å². The van der Waals surface area contributed by atoms with Gasteiger partial charge in [0.15, 0.2) is 5.69 Å². The summed E-state index contributed by atoms with van der Waals surface area (Å²) in [6.45, 7) is 3.76. The smallest absolute Gasteiger partial charge is 0.358 e. The van der Waals surface area contributed by atoms with Gasteiger partial charge in [0.25, 0.3) is 0 Å². The summed E-state index contributed by atoms with van der Waals surface area (Å²) in [4.78, 5) is 34.4. The Morgan fingerprint density at radius 1 is 1.19 bits per heavy atom. The average molecular weight is 359 g/mol. The molecule has 1 aromatic heterocycles. The van der Waals surface area contributed by atoms with E-state index in [0.717, 1.165) is 0 Å². The van der Waals surface area contributed by atoms with E-state index in [0.29, 0.717) is 24.2 Å². The Kier molecular flexibility index (Phi) is 6.42. The fraction of sp³-hybridized carbons (Fsp3) is 0.353. The summed E-state index contributed by atoms with van der Waals surface area (Å²) in [7, 11) is 0. The molecule has 0 aliphatic carbocycles. The van der Waals surface area contributed by atoms with Crippen molar-refractivity contribution < 1.29 is 19.5 Å². The monoisotopic (exact) mass is 359 g/mol. The lowest BCUT2D eigenvalue weighted by Gasteiger charge is -2.09. The molecule has 3 N–H and O–H groups in total. The standard InChI is InChI=1S/C17H21N5O4/c1-11(2)18-15(23)7-4-8-16(24)19-12-5-3-6-13(9-12)22-10-14(17(25)26)20-21-22/h3,5-6,9-11H,4,7-8H2,1-2H3,(H,18,23)(H,19,24)(H,25,26). The van der Waals surface area contributed by atoms with Crippen LogP contribution in [0.1, 0.15) is 43.6 Å². The summed E-state index contributed by atoms with van der Waals surface area (Å²) in [5.74, 6) is -1.44. The molecule has 2 aromatic rings. The third-order valence-electron chi connectivity index (χ3n) is 3.36. The largest absolute Gasteiger partial charge is 0.476 e. The first-order chi connectivity index (χ1) is 12.3. The van der Waals surface area contributed by atoms with Crippen molar-refractivity contribution in [3.63, 3.8) is 0 Å². The number of carbonyl (C=O) groups is 3. The van der Waals surface area contributed by atoms with E-state index in [2.05, 4.69) is 20.9 Å². The maximum absolute atomic E-state index is 12.0. The molecule has 0 fully saturated rings. The molecule has 0 unspecified atom stereocenters. The minimum absolute atomic E-state index is 0.0739. The Balaban J connectivity index is 1.90. The zero-order valence-corrected chi connectivity index (χ0v) is 14.6. The minimum atomic E-state index is -1.16. The number of aromatic carboxylic acids is 1. The van der Waals surface area contributed by atoms with E-state index in [-0.39, 0.29) is 30.0 Å². The van der Waals surface area contributed by atoms with E-state index in [9.17, 15) is 14.4 Å². The summed E-state index contributed by atoms with van der Waals surface area (Å²) in [6, 6.07) is 6.87. The minimum Gasteiger partial charge on any atom is -0.476 e. The maximum atomic E-state index is 12.0. The van der Waals surface area contributed by atoms with Gasteiger partial charge in [-0.2, -0.15) is 0 Å². The first kappa shape index (κ1) is 19.1. The van der Waals surface area contributed by atoms with Gasteiger partial charge in [0.2, 0.25) is 11.8 Å². The fourth-order valence-corrected chi connectivity index (χ4v) is 2.24. The normalized spacial score (nSPS) is 10.6. The van der Waals surface area contributed by atoms with Crippen LogP contribution < -0.4 is 10.6 Å². The zero-order chi connectivity index (χ0) is 19.1. The third-order valence-corrected chi connectivity index (χ3v) is 3.36. The second-order valence-corrected chi connectivity index (χ2v) is 6.03. The summed E-state index contributed by atoms with van der Waals surface area (Å²) in [5.41, 5.74) is 0.949. The molecule has 0 atom stereocenters. The van der Waals surface area contributed by atoms with Gasteiger partial charge in [0.05, 0.1) is 11.9 Å². The van der Waals surface area contributed by atoms with E-state index in [1.165, 1.54) is 10.9 Å². The van der Waals surface area contributed by atoms with Gasteiger partial charge in [-0.05, 0) is 38.5 Å².